The standard InChI is InChI=1S/C9H22N2O3S/c1-8(2,11-15(5,13)14)6-10-7-9(3,4)12/h10-12H,6-7H2,1-5H3. The molecule has 0 aromatic heterocycles. The van der Waals surface area contributed by atoms with Gasteiger partial charge in [0.05, 0.1) is 11.9 Å². The summed E-state index contributed by atoms with van der Waals surface area (Å²) in [6.45, 7) is 7.83. The van der Waals surface area contributed by atoms with E-state index in [1.54, 1.807) is 27.7 Å². The van der Waals surface area contributed by atoms with E-state index in [2.05, 4.69) is 10.0 Å². The Labute approximate surface area is 92.3 Å². The van der Waals surface area contributed by atoms with E-state index < -0.39 is 21.2 Å². The van der Waals surface area contributed by atoms with Crippen molar-refractivity contribution < 1.29 is 13.5 Å². The highest BCUT2D eigenvalue weighted by Crippen LogP contribution is 2.03. The van der Waals surface area contributed by atoms with Gasteiger partial charge in [0.25, 0.3) is 0 Å². The molecule has 15 heavy (non-hydrogen) atoms. The first-order valence-corrected chi connectivity index (χ1v) is 6.72. The maximum absolute atomic E-state index is 11.0. The molecule has 0 saturated heterocycles. The van der Waals surface area contributed by atoms with Crippen LogP contribution in [0.15, 0.2) is 0 Å². The number of nitrogens with one attached hydrogen (secondary N) is 2. The van der Waals surface area contributed by atoms with Crippen molar-refractivity contribution in [1.82, 2.24) is 10.0 Å². The lowest BCUT2D eigenvalue weighted by molar-refractivity contribution is 0.0784. The van der Waals surface area contributed by atoms with E-state index >= 15 is 0 Å². The topological polar surface area (TPSA) is 78.4 Å². The molecule has 0 aliphatic heterocycles. The zero-order chi connectivity index (χ0) is 12.3. The Morgan fingerprint density at radius 2 is 1.60 bits per heavy atom. The van der Waals surface area contributed by atoms with Gasteiger partial charge >= 0.3 is 0 Å². The highest BCUT2D eigenvalue weighted by Gasteiger charge is 2.22. The van der Waals surface area contributed by atoms with Crippen LogP contribution in [0.4, 0.5) is 0 Å². The molecule has 0 aromatic carbocycles. The summed E-state index contributed by atoms with van der Waals surface area (Å²) in [5.74, 6) is 0. The second-order valence-corrected chi connectivity index (χ2v) is 6.92. The van der Waals surface area contributed by atoms with Crippen LogP contribution in [-0.4, -0.2) is 44.0 Å². The van der Waals surface area contributed by atoms with E-state index in [9.17, 15) is 13.5 Å². The molecular formula is C9H22N2O3S. The van der Waals surface area contributed by atoms with Gasteiger partial charge in [-0.3, -0.25) is 0 Å². The van der Waals surface area contributed by atoms with E-state index in [-0.39, 0.29) is 0 Å². The molecule has 0 saturated carbocycles. The molecule has 0 radical (unpaired) electrons. The Morgan fingerprint density at radius 3 is 1.93 bits per heavy atom. The van der Waals surface area contributed by atoms with E-state index in [1.807, 2.05) is 0 Å². The zero-order valence-electron chi connectivity index (χ0n) is 10.1. The molecule has 0 atom stereocenters. The van der Waals surface area contributed by atoms with Crippen LogP contribution < -0.4 is 10.0 Å². The molecule has 0 aliphatic carbocycles. The molecule has 0 spiro atoms. The van der Waals surface area contributed by atoms with Crippen molar-refractivity contribution in [2.45, 2.75) is 38.8 Å². The second kappa shape index (κ2) is 4.78. The van der Waals surface area contributed by atoms with Gasteiger partial charge in [0.2, 0.25) is 10.0 Å². The molecule has 6 heteroatoms. The summed E-state index contributed by atoms with van der Waals surface area (Å²) >= 11 is 0. The van der Waals surface area contributed by atoms with Gasteiger partial charge in [-0.15, -0.1) is 0 Å². The lowest BCUT2D eigenvalue weighted by Gasteiger charge is -2.27. The molecular weight excluding hydrogens is 216 g/mol. The molecule has 5 nitrogen and oxygen atoms in total. The SMILES string of the molecule is CC(C)(O)CNCC(C)(C)NS(C)(=O)=O. The molecule has 0 unspecified atom stereocenters. The summed E-state index contributed by atoms with van der Waals surface area (Å²) in [7, 11) is -3.20. The average Bonchev–Trinajstić information content (AvgIpc) is 1.75. The fraction of sp³-hybridized carbons (Fsp3) is 1.00. The van der Waals surface area contributed by atoms with Crippen molar-refractivity contribution in [2.75, 3.05) is 19.3 Å². The Hall–Kier alpha value is -0.170. The third-order valence-electron chi connectivity index (χ3n) is 1.59. The van der Waals surface area contributed by atoms with Crippen molar-refractivity contribution in [2.24, 2.45) is 0 Å². The van der Waals surface area contributed by atoms with E-state index in [0.717, 1.165) is 6.26 Å². The van der Waals surface area contributed by atoms with Crippen molar-refractivity contribution in [1.29, 1.82) is 0 Å². The second-order valence-electron chi connectivity index (χ2n) is 5.17. The first-order valence-electron chi connectivity index (χ1n) is 4.83. The van der Waals surface area contributed by atoms with Crippen LogP contribution in [0.5, 0.6) is 0 Å². The van der Waals surface area contributed by atoms with E-state index in [4.69, 9.17) is 0 Å². The van der Waals surface area contributed by atoms with Crippen LogP contribution in [0.2, 0.25) is 0 Å². The van der Waals surface area contributed by atoms with Gasteiger partial charge in [-0.25, -0.2) is 13.1 Å². The minimum absolute atomic E-state index is 0.419. The summed E-state index contributed by atoms with van der Waals surface area (Å²) in [4.78, 5) is 0. The molecule has 0 heterocycles. The summed E-state index contributed by atoms with van der Waals surface area (Å²) in [5.41, 5.74) is -1.35. The average molecular weight is 238 g/mol. The number of hydrogen-bond acceptors (Lipinski definition) is 4. The lowest BCUT2D eigenvalue weighted by atomic mass is 10.1. The fourth-order valence-corrected chi connectivity index (χ4v) is 2.29. The molecule has 92 valence electrons. The van der Waals surface area contributed by atoms with Gasteiger partial charge in [-0.05, 0) is 27.7 Å². The quantitative estimate of drug-likeness (QED) is 0.592. The monoisotopic (exact) mass is 238 g/mol. The van der Waals surface area contributed by atoms with E-state index in [1.165, 1.54) is 0 Å². The Kier molecular flexibility index (Phi) is 4.72. The van der Waals surface area contributed by atoms with Crippen LogP contribution in [0, 0.1) is 0 Å². The van der Waals surface area contributed by atoms with Crippen molar-refractivity contribution in [3.63, 3.8) is 0 Å². The third kappa shape index (κ3) is 10.1. The van der Waals surface area contributed by atoms with Crippen LogP contribution in [0.1, 0.15) is 27.7 Å². The van der Waals surface area contributed by atoms with Crippen LogP contribution >= 0.6 is 0 Å². The van der Waals surface area contributed by atoms with Crippen LogP contribution in [0.3, 0.4) is 0 Å². The fourth-order valence-electron chi connectivity index (χ4n) is 1.22. The predicted molar refractivity (Wildman–Crippen MR) is 61.2 cm³/mol. The maximum atomic E-state index is 11.0. The smallest absolute Gasteiger partial charge is 0.209 e. The van der Waals surface area contributed by atoms with E-state index in [0.29, 0.717) is 13.1 Å². The molecule has 0 fully saturated rings. The minimum atomic E-state index is -3.20. The van der Waals surface area contributed by atoms with Gasteiger partial charge < -0.3 is 10.4 Å². The molecule has 0 aliphatic rings. The summed E-state index contributed by atoms with van der Waals surface area (Å²) in [6.07, 6.45) is 1.13. The minimum Gasteiger partial charge on any atom is -0.389 e. The number of aliphatic hydroxyl groups is 1. The summed E-state index contributed by atoms with van der Waals surface area (Å²) in [5, 5.41) is 12.5. The summed E-state index contributed by atoms with van der Waals surface area (Å²) in [6, 6.07) is 0. The maximum Gasteiger partial charge on any atom is 0.209 e. The van der Waals surface area contributed by atoms with Crippen LogP contribution in [0.25, 0.3) is 0 Å². The first-order chi connectivity index (χ1) is 6.41. The highest BCUT2D eigenvalue weighted by atomic mass is 32.2. The Balaban J connectivity index is 4.06. The lowest BCUT2D eigenvalue weighted by Crippen LogP contribution is -2.51. The number of rotatable bonds is 6. The molecule has 3 N–H and O–H groups in total. The van der Waals surface area contributed by atoms with Crippen molar-refractivity contribution >= 4 is 10.0 Å². The van der Waals surface area contributed by atoms with Gasteiger partial charge in [0, 0.05) is 18.6 Å². The van der Waals surface area contributed by atoms with Crippen LogP contribution in [-0.2, 0) is 10.0 Å². The number of hydrogen-bond donors (Lipinski definition) is 3. The molecule has 0 amide bonds. The van der Waals surface area contributed by atoms with Gasteiger partial charge in [-0.2, -0.15) is 0 Å². The Morgan fingerprint density at radius 1 is 1.13 bits per heavy atom. The van der Waals surface area contributed by atoms with Crippen molar-refractivity contribution in [3.8, 4) is 0 Å². The van der Waals surface area contributed by atoms with Gasteiger partial charge in [0.1, 0.15) is 0 Å². The summed E-state index contributed by atoms with van der Waals surface area (Å²) < 4.78 is 24.5. The molecule has 0 rings (SSSR count). The molecule has 0 aromatic rings. The van der Waals surface area contributed by atoms with Crippen molar-refractivity contribution in [3.05, 3.63) is 0 Å². The first kappa shape index (κ1) is 14.8. The largest absolute Gasteiger partial charge is 0.389 e. The highest BCUT2D eigenvalue weighted by molar-refractivity contribution is 7.88. The zero-order valence-corrected chi connectivity index (χ0v) is 10.9. The Bertz CT molecular complexity index is 291. The van der Waals surface area contributed by atoms with Gasteiger partial charge in [-0.1, -0.05) is 0 Å². The molecule has 0 bridgehead atoms. The van der Waals surface area contributed by atoms with Gasteiger partial charge in [0.15, 0.2) is 0 Å². The predicted octanol–water partition coefficient (Wildman–Crippen LogP) is -0.325. The third-order valence-corrected chi connectivity index (χ3v) is 2.51. The normalized spacial score (nSPS) is 14.3. The number of sulfonamides is 1.